The van der Waals surface area contributed by atoms with E-state index in [9.17, 15) is 9.18 Å². The second-order valence-corrected chi connectivity index (χ2v) is 5.78. The topological polar surface area (TPSA) is 41.1 Å². The highest BCUT2D eigenvalue weighted by Crippen LogP contribution is 2.47. The lowest BCUT2D eigenvalue weighted by Crippen LogP contribution is -2.34. The van der Waals surface area contributed by atoms with Crippen LogP contribution < -0.4 is 10.6 Å². The van der Waals surface area contributed by atoms with E-state index in [0.29, 0.717) is 11.6 Å². The van der Waals surface area contributed by atoms with Crippen molar-refractivity contribution >= 4 is 11.7 Å². The van der Waals surface area contributed by atoms with E-state index < -0.39 is 0 Å². The number of anilines is 1. The number of rotatable bonds is 3. The number of fused-ring (bicyclic) bond motifs is 2. The Morgan fingerprint density at radius 2 is 2.00 bits per heavy atom. The molecular weight excluding hydrogens is 243 g/mol. The highest BCUT2D eigenvalue weighted by atomic mass is 19.1. The van der Waals surface area contributed by atoms with Gasteiger partial charge in [0.05, 0.1) is 0 Å². The van der Waals surface area contributed by atoms with Gasteiger partial charge in [-0.25, -0.2) is 9.18 Å². The molecule has 0 aliphatic heterocycles. The first-order valence-corrected chi connectivity index (χ1v) is 7.01. The van der Waals surface area contributed by atoms with Gasteiger partial charge in [-0.05, 0) is 61.3 Å². The summed E-state index contributed by atoms with van der Waals surface area (Å²) >= 11 is 0. The second-order valence-electron chi connectivity index (χ2n) is 5.78. The number of urea groups is 1. The van der Waals surface area contributed by atoms with Crippen molar-refractivity contribution in [2.75, 3.05) is 11.9 Å². The van der Waals surface area contributed by atoms with Crippen molar-refractivity contribution in [2.45, 2.75) is 25.7 Å². The van der Waals surface area contributed by atoms with Crippen LogP contribution >= 0.6 is 0 Å². The molecule has 2 N–H and O–H groups in total. The van der Waals surface area contributed by atoms with Gasteiger partial charge < -0.3 is 10.6 Å². The fourth-order valence-corrected chi connectivity index (χ4v) is 3.56. The zero-order valence-corrected chi connectivity index (χ0v) is 10.9. The smallest absolute Gasteiger partial charge is 0.319 e. The Labute approximate surface area is 112 Å². The molecule has 0 heterocycles. The highest BCUT2D eigenvalue weighted by Gasteiger charge is 2.39. The molecule has 3 nitrogen and oxygen atoms in total. The number of amides is 2. The number of carbonyl (C=O) groups is 1. The average molecular weight is 262 g/mol. The van der Waals surface area contributed by atoms with Gasteiger partial charge in [-0.15, -0.1) is 0 Å². The number of nitrogens with one attached hydrogen (secondary N) is 2. The lowest BCUT2D eigenvalue weighted by Gasteiger charge is -2.21. The van der Waals surface area contributed by atoms with Crippen LogP contribution in [0, 0.1) is 23.6 Å². The molecule has 0 unspecified atom stereocenters. The van der Waals surface area contributed by atoms with Gasteiger partial charge in [-0.3, -0.25) is 0 Å². The van der Waals surface area contributed by atoms with E-state index in [-0.39, 0.29) is 11.8 Å². The van der Waals surface area contributed by atoms with E-state index in [1.807, 2.05) is 0 Å². The zero-order valence-electron chi connectivity index (χ0n) is 10.9. The first-order valence-electron chi connectivity index (χ1n) is 7.01. The third kappa shape index (κ3) is 2.88. The summed E-state index contributed by atoms with van der Waals surface area (Å²) in [5.41, 5.74) is 0.617. The van der Waals surface area contributed by atoms with Crippen molar-refractivity contribution in [1.82, 2.24) is 5.32 Å². The molecule has 3 rings (SSSR count). The second kappa shape index (κ2) is 5.19. The Hall–Kier alpha value is -1.58. The molecule has 0 radical (unpaired) electrons. The molecule has 2 aliphatic rings. The molecule has 19 heavy (non-hydrogen) atoms. The SMILES string of the molecule is O=C(NC[C@H]1C[C@H]2CC[C@H]1C2)Nc1ccc(F)cc1. The Morgan fingerprint density at radius 3 is 2.63 bits per heavy atom. The van der Waals surface area contributed by atoms with E-state index in [0.717, 1.165) is 18.4 Å². The maximum atomic E-state index is 12.7. The molecule has 1 aromatic carbocycles. The van der Waals surface area contributed by atoms with Crippen LogP contribution in [0.15, 0.2) is 24.3 Å². The van der Waals surface area contributed by atoms with Crippen LogP contribution in [-0.4, -0.2) is 12.6 Å². The molecule has 3 atom stereocenters. The molecule has 2 amide bonds. The van der Waals surface area contributed by atoms with Crippen molar-refractivity contribution in [3.05, 3.63) is 30.1 Å². The van der Waals surface area contributed by atoms with Gasteiger partial charge >= 0.3 is 6.03 Å². The Bertz CT molecular complexity index is 460. The minimum absolute atomic E-state index is 0.200. The molecule has 2 saturated carbocycles. The molecular formula is C15H19FN2O. The van der Waals surface area contributed by atoms with Crippen LogP contribution in [0.5, 0.6) is 0 Å². The largest absolute Gasteiger partial charge is 0.338 e. The van der Waals surface area contributed by atoms with Crippen LogP contribution in [0.25, 0.3) is 0 Å². The third-order valence-electron chi connectivity index (χ3n) is 4.51. The lowest BCUT2D eigenvalue weighted by atomic mass is 9.89. The summed E-state index contributed by atoms with van der Waals surface area (Å²) in [7, 11) is 0. The highest BCUT2D eigenvalue weighted by molar-refractivity contribution is 5.89. The van der Waals surface area contributed by atoms with Crippen LogP contribution in [0.3, 0.4) is 0 Å². The summed E-state index contributed by atoms with van der Waals surface area (Å²) in [6, 6.07) is 5.60. The standard InChI is InChI=1S/C15H19FN2O/c16-13-3-5-14(6-4-13)18-15(19)17-9-12-8-10-1-2-11(12)7-10/h3-6,10-12H,1-2,7-9H2,(H2,17,18,19)/t10-,11-,12+/m0/s1. The fraction of sp³-hybridized carbons (Fsp3) is 0.533. The van der Waals surface area contributed by atoms with Crippen LogP contribution in [0.2, 0.25) is 0 Å². The summed E-state index contributed by atoms with van der Waals surface area (Å²) in [5, 5.41) is 5.65. The summed E-state index contributed by atoms with van der Waals surface area (Å²) in [5.74, 6) is 2.07. The molecule has 2 bridgehead atoms. The summed E-state index contributed by atoms with van der Waals surface area (Å²) in [4.78, 5) is 11.7. The first-order chi connectivity index (χ1) is 9.20. The normalized spacial score (nSPS) is 28.4. The number of hydrogen-bond donors (Lipinski definition) is 2. The minimum Gasteiger partial charge on any atom is -0.338 e. The van der Waals surface area contributed by atoms with E-state index in [1.165, 1.54) is 37.8 Å². The maximum Gasteiger partial charge on any atom is 0.319 e. The Kier molecular flexibility index (Phi) is 3.40. The van der Waals surface area contributed by atoms with Crippen molar-refractivity contribution in [1.29, 1.82) is 0 Å². The molecule has 0 saturated heterocycles. The number of carbonyl (C=O) groups excluding carboxylic acids is 1. The van der Waals surface area contributed by atoms with E-state index >= 15 is 0 Å². The van der Waals surface area contributed by atoms with E-state index in [1.54, 1.807) is 12.1 Å². The number of benzene rings is 1. The van der Waals surface area contributed by atoms with Crippen molar-refractivity contribution in [3.8, 4) is 0 Å². The summed E-state index contributed by atoms with van der Waals surface area (Å²) in [6.45, 7) is 0.758. The summed E-state index contributed by atoms with van der Waals surface area (Å²) < 4.78 is 12.7. The van der Waals surface area contributed by atoms with Gasteiger partial charge in [0.25, 0.3) is 0 Å². The first kappa shape index (κ1) is 12.5. The number of hydrogen-bond acceptors (Lipinski definition) is 1. The zero-order chi connectivity index (χ0) is 13.2. The quantitative estimate of drug-likeness (QED) is 0.861. The van der Waals surface area contributed by atoms with Crippen molar-refractivity contribution < 1.29 is 9.18 Å². The van der Waals surface area contributed by atoms with Gasteiger partial charge in [0.15, 0.2) is 0 Å². The van der Waals surface area contributed by atoms with Crippen LogP contribution in [0.4, 0.5) is 14.9 Å². The van der Waals surface area contributed by atoms with Gasteiger partial charge in [-0.2, -0.15) is 0 Å². The molecule has 0 aromatic heterocycles. The predicted molar refractivity (Wildman–Crippen MR) is 72.4 cm³/mol. The molecule has 4 heteroatoms. The monoisotopic (exact) mass is 262 g/mol. The summed E-state index contributed by atoms with van der Waals surface area (Å²) in [6.07, 6.45) is 5.33. The molecule has 102 valence electrons. The van der Waals surface area contributed by atoms with Crippen molar-refractivity contribution in [3.63, 3.8) is 0 Å². The van der Waals surface area contributed by atoms with E-state index in [4.69, 9.17) is 0 Å². The Morgan fingerprint density at radius 1 is 1.21 bits per heavy atom. The minimum atomic E-state index is -0.298. The van der Waals surface area contributed by atoms with Gasteiger partial charge in [0.2, 0.25) is 0 Å². The molecule has 0 spiro atoms. The van der Waals surface area contributed by atoms with Gasteiger partial charge in [0.1, 0.15) is 5.82 Å². The third-order valence-corrected chi connectivity index (χ3v) is 4.51. The van der Waals surface area contributed by atoms with Crippen molar-refractivity contribution in [2.24, 2.45) is 17.8 Å². The van der Waals surface area contributed by atoms with Crippen LogP contribution in [-0.2, 0) is 0 Å². The Balaban J connectivity index is 1.45. The molecule has 2 aliphatic carbocycles. The molecule has 2 fully saturated rings. The molecule has 1 aromatic rings. The van der Waals surface area contributed by atoms with Gasteiger partial charge in [-0.1, -0.05) is 6.42 Å². The van der Waals surface area contributed by atoms with Gasteiger partial charge in [0, 0.05) is 12.2 Å². The average Bonchev–Trinajstić information content (AvgIpc) is 3.01. The lowest BCUT2D eigenvalue weighted by molar-refractivity contribution is 0.245. The number of halogens is 1. The fourth-order valence-electron chi connectivity index (χ4n) is 3.56. The van der Waals surface area contributed by atoms with Crippen LogP contribution in [0.1, 0.15) is 25.7 Å². The maximum absolute atomic E-state index is 12.7. The van der Waals surface area contributed by atoms with E-state index in [2.05, 4.69) is 10.6 Å². The predicted octanol–water partition coefficient (Wildman–Crippen LogP) is 3.38.